The second kappa shape index (κ2) is 5.78. The van der Waals surface area contributed by atoms with Crippen molar-refractivity contribution in [1.29, 1.82) is 0 Å². The summed E-state index contributed by atoms with van der Waals surface area (Å²) in [5, 5.41) is 7.58. The predicted octanol–water partition coefficient (Wildman–Crippen LogP) is 2.89. The molecule has 18 heavy (non-hydrogen) atoms. The Kier molecular flexibility index (Phi) is 4.10. The van der Waals surface area contributed by atoms with Crippen LogP contribution < -0.4 is 5.32 Å². The molecule has 2 aromatic rings. The molecule has 1 aromatic carbocycles. The number of halogens is 1. The average Bonchev–Trinajstić information content (AvgIpc) is 2.84. The molecule has 0 aliphatic heterocycles. The summed E-state index contributed by atoms with van der Waals surface area (Å²) in [4.78, 5) is 0. The Hall–Kier alpha value is -1.68. The normalized spacial score (nSPS) is 12.6. The van der Waals surface area contributed by atoms with E-state index in [-0.39, 0.29) is 11.9 Å². The number of nitrogens with one attached hydrogen (secondary N) is 1. The van der Waals surface area contributed by atoms with Gasteiger partial charge in [0.25, 0.3) is 0 Å². The second-order valence-electron chi connectivity index (χ2n) is 4.36. The van der Waals surface area contributed by atoms with Crippen LogP contribution >= 0.6 is 0 Å². The lowest BCUT2D eigenvalue weighted by Crippen LogP contribution is -2.17. The van der Waals surface area contributed by atoms with E-state index in [1.54, 1.807) is 12.1 Å². The first-order valence-electron chi connectivity index (χ1n) is 6.19. The third-order valence-corrected chi connectivity index (χ3v) is 2.97. The molecule has 0 spiro atoms. The molecule has 3 nitrogen and oxygen atoms in total. The van der Waals surface area contributed by atoms with E-state index in [0.29, 0.717) is 0 Å². The van der Waals surface area contributed by atoms with Crippen molar-refractivity contribution < 1.29 is 4.39 Å². The number of hydrogen-bond donors (Lipinski definition) is 1. The van der Waals surface area contributed by atoms with Crippen molar-refractivity contribution in [3.05, 3.63) is 53.6 Å². The summed E-state index contributed by atoms with van der Waals surface area (Å²) in [5.74, 6) is -0.194. The SMILES string of the molecule is CCn1cc(CNC(C)c2cccc(F)c2)cn1. The van der Waals surface area contributed by atoms with Crippen molar-refractivity contribution in [1.82, 2.24) is 15.1 Å². The summed E-state index contributed by atoms with van der Waals surface area (Å²) < 4.78 is 15.0. The Bertz CT molecular complexity index is 507. The molecule has 1 heterocycles. The van der Waals surface area contributed by atoms with Gasteiger partial charge in [-0.25, -0.2) is 4.39 Å². The molecule has 1 aromatic heterocycles. The number of aryl methyl sites for hydroxylation is 1. The largest absolute Gasteiger partial charge is 0.306 e. The van der Waals surface area contributed by atoms with Gasteiger partial charge in [0.05, 0.1) is 6.20 Å². The molecule has 0 radical (unpaired) electrons. The summed E-state index contributed by atoms with van der Waals surface area (Å²) in [5.41, 5.74) is 2.10. The predicted molar refractivity (Wildman–Crippen MR) is 69.6 cm³/mol. The number of hydrogen-bond acceptors (Lipinski definition) is 2. The van der Waals surface area contributed by atoms with Crippen LogP contribution in [-0.2, 0) is 13.1 Å². The van der Waals surface area contributed by atoms with Crippen molar-refractivity contribution in [3.8, 4) is 0 Å². The summed E-state index contributed by atoms with van der Waals surface area (Å²) in [6.07, 6.45) is 3.88. The van der Waals surface area contributed by atoms with Gasteiger partial charge in [0.1, 0.15) is 5.82 Å². The Morgan fingerprint density at radius 1 is 1.44 bits per heavy atom. The summed E-state index contributed by atoms with van der Waals surface area (Å²) in [7, 11) is 0. The van der Waals surface area contributed by atoms with Crippen LogP contribution in [0.1, 0.15) is 31.0 Å². The van der Waals surface area contributed by atoms with Crippen LogP contribution in [0.15, 0.2) is 36.7 Å². The molecular weight excluding hydrogens is 229 g/mol. The highest BCUT2D eigenvalue weighted by Crippen LogP contribution is 2.14. The fourth-order valence-corrected chi connectivity index (χ4v) is 1.84. The first-order chi connectivity index (χ1) is 8.69. The fourth-order valence-electron chi connectivity index (χ4n) is 1.84. The first kappa shape index (κ1) is 12.8. The molecule has 0 saturated carbocycles. The van der Waals surface area contributed by atoms with Crippen molar-refractivity contribution in [2.45, 2.75) is 33.0 Å². The second-order valence-corrected chi connectivity index (χ2v) is 4.36. The van der Waals surface area contributed by atoms with Gasteiger partial charge >= 0.3 is 0 Å². The van der Waals surface area contributed by atoms with Crippen LogP contribution in [0, 0.1) is 5.82 Å². The molecule has 96 valence electrons. The number of benzene rings is 1. The average molecular weight is 247 g/mol. The van der Waals surface area contributed by atoms with Gasteiger partial charge in [-0.3, -0.25) is 4.68 Å². The van der Waals surface area contributed by atoms with Crippen molar-refractivity contribution in [2.24, 2.45) is 0 Å². The lowest BCUT2D eigenvalue weighted by Gasteiger charge is -2.13. The zero-order valence-electron chi connectivity index (χ0n) is 10.7. The molecule has 0 saturated heterocycles. The zero-order valence-corrected chi connectivity index (χ0v) is 10.7. The molecule has 1 atom stereocenters. The minimum atomic E-state index is -0.194. The summed E-state index contributed by atoms with van der Waals surface area (Å²) in [6, 6.07) is 6.80. The van der Waals surface area contributed by atoms with E-state index in [9.17, 15) is 4.39 Å². The van der Waals surface area contributed by atoms with Gasteiger partial charge in [-0.2, -0.15) is 5.10 Å². The minimum absolute atomic E-state index is 0.116. The first-order valence-corrected chi connectivity index (χ1v) is 6.19. The highest BCUT2D eigenvalue weighted by atomic mass is 19.1. The van der Waals surface area contributed by atoms with Gasteiger partial charge < -0.3 is 5.32 Å². The van der Waals surface area contributed by atoms with Gasteiger partial charge in [0.15, 0.2) is 0 Å². The van der Waals surface area contributed by atoms with Gasteiger partial charge in [-0.1, -0.05) is 12.1 Å². The quantitative estimate of drug-likeness (QED) is 0.880. The maximum Gasteiger partial charge on any atom is 0.123 e. The summed E-state index contributed by atoms with van der Waals surface area (Å²) >= 11 is 0. The molecule has 2 rings (SSSR count). The smallest absolute Gasteiger partial charge is 0.123 e. The van der Waals surface area contributed by atoms with Crippen LogP contribution in [0.25, 0.3) is 0 Å². The molecule has 0 aliphatic carbocycles. The molecule has 1 N–H and O–H groups in total. The monoisotopic (exact) mass is 247 g/mol. The van der Waals surface area contributed by atoms with E-state index < -0.39 is 0 Å². The Morgan fingerprint density at radius 3 is 2.94 bits per heavy atom. The third-order valence-electron chi connectivity index (χ3n) is 2.97. The molecule has 1 unspecified atom stereocenters. The van der Waals surface area contributed by atoms with Crippen molar-refractivity contribution >= 4 is 0 Å². The number of nitrogens with zero attached hydrogens (tertiary/aromatic N) is 2. The molecule has 0 bridgehead atoms. The van der Waals surface area contributed by atoms with Gasteiger partial charge in [0.2, 0.25) is 0 Å². The third kappa shape index (κ3) is 3.17. The van der Waals surface area contributed by atoms with Crippen molar-refractivity contribution in [3.63, 3.8) is 0 Å². The Labute approximate surface area is 107 Å². The molecule has 0 amide bonds. The van der Waals surface area contributed by atoms with E-state index in [4.69, 9.17) is 0 Å². The van der Waals surface area contributed by atoms with E-state index >= 15 is 0 Å². The standard InChI is InChI=1S/C14H18FN3/c1-3-18-10-12(9-17-18)8-16-11(2)13-5-4-6-14(15)7-13/h4-7,9-11,16H,3,8H2,1-2H3. The van der Waals surface area contributed by atoms with E-state index in [1.807, 2.05) is 30.1 Å². The van der Waals surface area contributed by atoms with Crippen LogP contribution in [0.2, 0.25) is 0 Å². The highest BCUT2D eigenvalue weighted by molar-refractivity contribution is 5.19. The molecular formula is C14H18FN3. The molecule has 4 heteroatoms. The minimum Gasteiger partial charge on any atom is -0.306 e. The van der Waals surface area contributed by atoms with E-state index in [1.165, 1.54) is 6.07 Å². The maximum atomic E-state index is 13.1. The Morgan fingerprint density at radius 2 is 2.28 bits per heavy atom. The number of aromatic nitrogens is 2. The van der Waals surface area contributed by atoms with Crippen LogP contribution in [0.4, 0.5) is 4.39 Å². The van der Waals surface area contributed by atoms with Gasteiger partial charge in [0, 0.05) is 30.9 Å². The Balaban J connectivity index is 1.93. The van der Waals surface area contributed by atoms with Crippen LogP contribution in [0.5, 0.6) is 0 Å². The lowest BCUT2D eigenvalue weighted by molar-refractivity contribution is 0.564. The van der Waals surface area contributed by atoms with Crippen LogP contribution in [-0.4, -0.2) is 9.78 Å². The van der Waals surface area contributed by atoms with Gasteiger partial charge in [-0.05, 0) is 31.5 Å². The maximum absolute atomic E-state index is 13.1. The highest BCUT2D eigenvalue weighted by Gasteiger charge is 2.06. The zero-order chi connectivity index (χ0) is 13.0. The van der Waals surface area contributed by atoms with Gasteiger partial charge in [-0.15, -0.1) is 0 Å². The van der Waals surface area contributed by atoms with Crippen molar-refractivity contribution in [2.75, 3.05) is 0 Å². The topological polar surface area (TPSA) is 29.9 Å². The molecule has 0 aliphatic rings. The number of rotatable bonds is 5. The fraction of sp³-hybridized carbons (Fsp3) is 0.357. The molecule has 0 fully saturated rings. The summed E-state index contributed by atoms with van der Waals surface area (Å²) in [6.45, 7) is 5.69. The van der Waals surface area contributed by atoms with Crippen LogP contribution in [0.3, 0.4) is 0 Å². The lowest BCUT2D eigenvalue weighted by atomic mass is 10.1. The van der Waals surface area contributed by atoms with E-state index in [2.05, 4.69) is 17.3 Å². The van der Waals surface area contributed by atoms with E-state index in [0.717, 1.165) is 24.2 Å².